The Hall–Kier alpha value is -7.01. The van der Waals surface area contributed by atoms with E-state index in [2.05, 4.69) is 72.3 Å². The number of pyridine rings is 1. The highest BCUT2D eigenvalue weighted by molar-refractivity contribution is 7.13. The zero-order valence-corrected chi connectivity index (χ0v) is 47.4. The summed E-state index contributed by atoms with van der Waals surface area (Å²) in [6.07, 6.45) is 13.1. The van der Waals surface area contributed by atoms with Crippen LogP contribution in [0.1, 0.15) is 108 Å². The number of nitrogens with one attached hydrogen (secondary N) is 1. The van der Waals surface area contributed by atoms with E-state index < -0.39 is 24.1 Å². The fourth-order valence-corrected chi connectivity index (χ4v) is 13.9. The van der Waals surface area contributed by atoms with Crippen LogP contribution in [0.3, 0.4) is 0 Å². The van der Waals surface area contributed by atoms with Gasteiger partial charge < -0.3 is 59.8 Å². The maximum Gasteiger partial charge on any atom is 0.243 e. The van der Waals surface area contributed by atoms with Crippen molar-refractivity contribution >= 4 is 46.2 Å². The third kappa shape index (κ3) is 11.7. The van der Waals surface area contributed by atoms with Crippen molar-refractivity contribution in [1.29, 1.82) is 0 Å². The lowest BCUT2D eigenvalue weighted by molar-refractivity contribution is -0.141. The Balaban J connectivity index is 0.564. The fraction of sp³-hybridized carbons (Fsp3) is 0.542. The molecule has 6 atom stereocenters. The van der Waals surface area contributed by atoms with E-state index in [1.807, 2.05) is 58.2 Å². The van der Waals surface area contributed by atoms with Crippen molar-refractivity contribution in [2.45, 2.75) is 140 Å². The number of anilines is 4. The number of nitrogen functional groups attached to an aromatic ring is 1. The Labute approximate surface area is 476 Å². The van der Waals surface area contributed by atoms with Crippen LogP contribution < -0.4 is 30.5 Å². The number of piperazine rings is 1. The number of hydrogen-bond acceptors (Lipinski definition) is 20. The van der Waals surface area contributed by atoms with Gasteiger partial charge in [-0.05, 0) is 88.5 Å². The van der Waals surface area contributed by atoms with Crippen LogP contribution in [-0.2, 0) is 14.3 Å². The van der Waals surface area contributed by atoms with Gasteiger partial charge in [-0.2, -0.15) is 0 Å². The lowest BCUT2D eigenvalue weighted by atomic mass is 9.91. The highest BCUT2D eigenvalue weighted by atomic mass is 32.1. The van der Waals surface area contributed by atoms with Crippen molar-refractivity contribution in [3.63, 3.8) is 0 Å². The maximum atomic E-state index is 14.4. The Morgan fingerprint density at radius 2 is 1.62 bits per heavy atom. The summed E-state index contributed by atoms with van der Waals surface area (Å²) >= 11 is 1.50. The van der Waals surface area contributed by atoms with Crippen LogP contribution >= 0.6 is 11.3 Å². The average Bonchev–Trinajstić information content (AvgIpc) is 4.28. The van der Waals surface area contributed by atoms with E-state index in [0.717, 1.165) is 131 Å². The van der Waals surface area contributed by atoms with Gasteiger partial charge in [0, 0.05) is 113 Å². The van der Waals surface area contributed by atoms with Crippen molar-refractivity contribution in [2.24, 2.45) is 11.8 Å². The van der Waals surface area contributed by atoms with Crippen LogP contribution in [0.2, 0.25) is 0 Å². The quantitative estimate of drug-likeness (QED) is 0.0734. The number of ether oxygens (including phenoxy) is 2. The molecule has 5 aliphatic heterocycles. The Bertz CT molecular complexity index is 3140. The van der Waals surface area contributed by atoms with Gasteiger partial charge in [0.1, 0.15) is 29.5 Å². The zero-order valence-electron chi connectivity index (χ0n) is 46.6. The molecule has 2 unspecified atom stereocenters. The molecule has 81 heavy (non-hydrogen) atoms. The highest BCUT2D eigenvalue weighted by Gasteiger charge is 2.45. The molecule has 0 radical (unpaired) electrons. The van der Waals surface area contributed by atoms with E-state index in [1.54, 1.807) is 30.0 Å². The largest absolute Gasteiger partial charge is 0.507 e. The van der Waals surface area contributed by atoms with E-state index in [9.17, 15) is 19.8 Å². The molecule has 2 amide bonds. The van der Waals surface area contributed by atoms with Crippen molar-refractivity contribution in [3.05, 3.63) is 89.8 Å². The van der Waals surface area contributed by atoms with Gasteiger partial charge in [-0.1, -0.05) is 31.1 Å². The molecule has 6 aromatic rings. The molecule has 428 valence electrons. The van der Waals surface area contributed by atoms with E-state index in [4.69, 9.17) is 19.7 Å². The smallest absolute Gasteiger partial charge is 0.243 e. The van der Waals surface area contributed by atoms with Crippen molar-refractivity contribution in [1.82, 2.24) is 50.4 Å². The molecular weight excluding hydrogens is 1050 g/mol. The molecule has 1 aliphatic carbocycles. The van der Waals surface area contributed by atoms with Crippen molar-refractivity contribution in [2.75, 3.05) is 72.8 Å². The molecular formula is C59H74N14O7S. The summed E-state index contributed by atoms with van der Waals surface area (Å²) in [4.78, 5) is 58.4. The number of amides is 2. The van der Waals surface area contributed by atoms with Gasteiger partial charge in [0.15, 0.2) is 17.4 Å². The topological polar surface area (TPSA) is 251 Å². The molecule has 2 bridgehead atoms. The van der Waals surface area contributed by atoms with Gasteiger partial charge in [-0.15, -0.1) is 21.5 Å². The van der Waals surface area contributed by atoms with Crippen LogP contribution in [0.4, 0.5) is 23.0 Å². The van der Waals surface area contributed by atoms with E-state index in [0.29, 0.717) is 52.4 Å². The minimum atomic E-state index is -0.849. The summed E-state index contributed by atoms with van der Waals surface area (Å²) in [5.74, 6) is 1.54. The first-order valence-electron chi connectivity index (χ1n) is 29.0. The molecule has 10 heterocycles. The molecule has 22 heteroatoms. The SMILES string of the molecule is Cc1ncsc1-c1cnc([C@H](C)NC(=O)[C@@H]2C[C@@H](O)CN2C(=O)[C@@H](c2cc(N3CCC(CN4CCC(OC5CC(Oc6cc(N7C8CCC7CN(c7cc(-c9ccccc9O)nnc7N)C8)ccn6)C5)CC4)CC3)no2)C(C)C)cn1. The summed E-state index contributed by atoms with van der Waals surface area (Å²) in [6, 6.07) is 14.5. The normalized spacial score (nSPS) is 24.4. The van der Waals surface area contributed by atoms with Crippen LogP contribution in [0.5, 0.6) is 11.6 Å². The monoisotopic (exact) mass is 1120 g/mol. The summed E-state index contributed by atoms with van der Waals surface area (Å²) in [6.45, 7) is 14.2. The zero-order chi connectivity index (χ0) is 55.9. The number of carbonyl (C=O) groups excluding carboxylic acids is 2. The minimum absolute atomic E-state index is 0.0565. The number of nitrogens with two attached hydrogens (primary N) is 1. The number of rotatable bonds is 17. The average molecular weight is 1120 g/mol. The predicted octanol–water partition coefficient (Wildman–Crippen LogP) is 6.78. The number of benzene rings is 1. The lowest BCUT2D eigenvalue weighted by Crippen LogP contribution is -2.54. The molecule has 21 nitrogen and oxygen atoms in total. The van der Waals surface area contributed by atoms with E-state index in [1.165, 1.54) is 16.2 Å². The number of aliphatic hydroxyl groups excluding tert-OH is 1. The number of phenolic OH excluding ortho intramolecular Hbond substituents is 1. The Morgan fingerprint density at radius 3 is 2.33 bits per heavy atom. The second-order valence-electron chi connectivity index (χ2n) is 23.5. The van der Waals surface area contributed by atoms with Gasteiger partial charge in [0.05, 0.1) is 69.9 Å². The summed E-state index contributed by atoms with van der Waals surface area (Å²) in [7, 11) is 0. The Kier molecular flexibility index (Phi) is 15.8. The van der Waals surface area contributed by atoms with Crippen LogP contribution in [0.15, 0.2) is 77.2 Å². The molecule has 5 N–H and O–H groups in total. The van der Waals surface area contributed by atoms with Crippen LogP contribution in [-0.4, -0.2) is 162 Å². The van der Waals surface area contributed by atoms with Gasteiger partial charge in [-0.3, -0.25) is 19.6 Å². The predicted molar refractivity (Wildman–Crippen MR) is 307 cm³/mol. The third-order valence-electron chi connectivity index (χ3n) is 17.6. The lowest BCUT2D eigenvalue weighted by Gasteiger charge is -2.43. The number of aromatic nitrogens is 7. The summed E-state index contributed by atoms with van der Waals surface area (Å²) in [5, 5.41) is 37.3. The minimum Gasteiger partial charge on any atom is -0.507 e. The number of thiazole rings is 1. The van der Waals surface area contributed by atoms with Crippen LogP contribution in [0.25, 0.3) is 21.8 Å². The van der Waals surface area contributed by atoms with Crippen molar-refractivity contribution in [3.8, 4) is 33.5 Å². The molecule has 12 rings (SSSR count). The number of β-amino-alcohol motifs (C(OH)–C–C–N with tert-alkyl or cyclic N) is 1. The second kappa shape index (κ2) is 23.5. The number of phenols is 1. The number of aromatic hydroxyl groups is 1. The first-order chi connectivity index (χ1) is 39.3. The number of nitrogens with zero attached hydrogens (tertiary/aromatic N) is 12. The first kappa shape index (κ1) is 54.6. The third-order valence-corrected chi connectivity index (χ3v) is 18.6. The number of hydrogen-bond donors (Lipinski definition) is 4. The van der Waals surface area contributed by atoms with E-state index >= 15 is 0 Å². The van der Waals surface area contributed by atoms with Gasteiger partial charge >= 0.3 is 0 Å². The number of aryl methyl sites for hydroxylation is 1. The number of fused-ring (bicyclic) bond motifs is 2. The summed E-state index contributed by atoms with van der Waals surface area (Å²) in [5.41, 5.74) is 13.6. The number of para-hydroxylation sites is 1. The standard InChI is InChI=1S/C59H74N14O7S/c1-34(2)55(59(77)72-32-41(74)22-50(72)58(76)65-35(3)47-27-63-48(28-62-47)56-36(4)64-33-81-56)52-26-53(68-80-52)70-19-12-37(13-20-70)29-69-17-14-42(15-18-69)78-43-23-44(24-43)79-54-21-38(11-16-61-54)73-39-9-10-40(73)31-71(30-39)49-25-46(66-67-57(49)60)45-7-5-6-8-51(45)75/h5-8,11,16,21,25-28,33-35,37,39-44,50,55,74-75H,9-10,12-15,17-20,22-24,29-32H2,1-4H3,(H2,60,67)(H,65,76)/t35-,39?,40?,41+,43?,44?,50-,55+/m0/s1. The molecule has 0 spiro atoms. The molecule has 6 fully saturated rings. The number of piperidine rings is 2. The van der Waals surface area contributed by atoms with Gasteiger partial charge in [0.25, 0.3) is 0 Å². The number of aliphatic hydroxyl groups is 1. The second-order valence-corrected chi connectivity index (χ2v) is 24.4. The molecule has 1 saturated carbocycles. The molecule has 5 aromatic heterocycles. The highest BCUT2D eigenvalue weighted by Crippen LogP contribution is 2.41. The first-order valence-corrected chi connectivity index (χ1v) is 29.8. The van der Waals surface area contributed by atoms with Gasteiger partial charge in [-0.25, -0.2) is 9.97 Å². The summed E-state index contributed by atoms with van der Waals surface area (Å²) < 4.78 is 19.0. The number of carbonyl (C=O) groups is 2. The maximum absolute atomic E-state index is 14.4. The molecule has 6 aliphatic rings. The molecule has 5 saturated heterocycles. The van der Waals surface area contributed by atoms with Crippen LogP contribution in [0, 0.1) is 18.8 Å². The number of likely N-dealkylation sites (tertiary alicyclic amines) is 2. The van der Waals surface area contributed by atoms with Crippen molar-refractivity contribution < 1.29 is 33.8 Å². The Morgan fingerprint density at radius 1 is 0.840 bits per heavy atom. The van der Waals surface area contributed by atoms with E-state index in [-0.39, 0.29) is 54.8 Å². The molecule has 1 aromatic carbocycles. The fourth-order valence-electron chi connectivity index (χ4n) is 13.1. The van der Waals surface area contributed by atoms with Gasteiger partial charge in [0.2, 0.25) is 17.7 Å².